The van der Waals surface area contributed by atoms with Crippen LogP contribution >= 0.6 is 0 Å². The normalized spacial score (nSPS) is 10.9. The van der Waals surface area contributed by atoms with Crippen LogP contribution in [0.3, 0.4) is 0 Å². The summed E-state index contributed by atoms with van der Waals surface area (Å²) in [4.78, 5) is 4.91. The SMILES string of the molecule is COc1ccc(Cc2nc3ccccc3n2CCc2ccccc2)cc1OC. The van der Waals surface area contributed by atoms with E-state index in [0.29, 0.717) is 0 Å². The Labute approximate surface area is 165 Å². The Morgan fingerprint density at radius 3 is 2.32 bits per heavy atom. The van der Waals surface area contributed by atoms with Gasteiger partial charge in [-0.1, -0.05) is 48.5 Å². The lowest BCUT2D eigenvalue weighted by Gasteiger charge is -2.12. The van der Waals surface area contributed by atoms with Gasteiger partial charge in [-0.25, -0.2) is 4.98 Å². The van der Waals surface area contributed by atoms with Gasteiger partial charge >= 0.3 is 0 Å². The van der Waals surface area contributed by atoms with Crippen LogP contribution in [0.25, 0.3) is 11.0 Å². The summed E-state index contributed by atoms with van der Waals surface area (Å²) in [5.74, 6) is 2.54. The fourth-order valence-electron chi connectivity index (χ4n) is 3.57. The molecule has 1 aromatic heterocycles. The number of rotatable bonds is 7. The van der Waals surface area contributed by atoms with Crippen LogP contribution in [0.15, 0.2) is 72.8 Å². The minimum absolute atomic E-state index is 0.740. The van der Waals surface area contributed by atoms with Crippen molar-refractivity contribution in [2.24, 2.45) is 0 Å². The number of aromatic nitrogens is 2. The number of ether oxygens (including phenoxy) is 2. The first kappa shape index (κ1) is 18.1. The van der Waals surface area contributed by atoms with E-state index in [4.69, 9.17) is 14.5 Å². The zero-order valence-corrected chi connectivity index (χ0v) is 16.3. The van der Waals surface area contributed by atoms with Crippen molar-refractivity contribution in [2.75, 3.05) is 14.2 Å². The van der Waals surface area contributed by atoms with Crippen molar-refractivity contribution in [1.29, 1.82) is 0 Å². The molecule has 0 spiro atoms. The summed E-state index contributed by atoms with van der Waals surface area (Å²) in [5, 5.41) is 0. The number of aryl methyl sites for hydroxylation is 2. The van der Waals surface area contributed by atoms with Gasteiger partial charge in [0.2, 0.25) is 0 Å². The lowest BCUT2D eigenvalue weighted by molar-refractivity contribution is 0.354. The smallest absolute Gasteiger partial charge is 0.161 e. The minimum Gasteiger partial charge on any atom is -0.493 e. The van der Waals surface area contributed by atoms with Gasteiger partial charge in [0.15, 0.2) is 11.5 Å². The number of hydrogen-bond donors (Lipinski definition) is 0. The van der Waals surface area contributed by atoms with E-state index in [9.17, 15) is 0 Å². The second kappa shape index (κ2) is 8.17. The van der Waals surface area contributed by atoms with Crippen molar-refractivity contribution in [2.45, 2.75) is 19.4 Å². The molecular formula is C24H24N2O2. The summed E-state index contributed by atoms with van der Waals surface area (Å²) in [5.41, 5.74) is 4.69. The maximum atomic E-state index is 5.46. The van der Waals surface area contributed by atoms with Gasteiger partial charge in [0.05, 0.1) is 25.3 Å². The van der Waals surface area contributed by atoms with Crippen LogP contribution in [-0.2, 0) is 19.4 Å². The lowest BCUT2D eigenvalue weighted by atomic mass is 10.1. The van der Waals surface area contributed by atoms with Crippen molar-refractivity contribution in [3.63, 3.8) is 0 Å². The van der Waals surface area contributed by atoms with E-state index in [-0.39, 0.29) is 0 Å². The molecule has 0 aliphatic heterocycles. The molecule has 0 aliphatic carbocycles. The Balaban J connectivity index is 1.66. The number of para-hydroxylation sites is 2. The molecule has 4 aromatic rings. The summed E-state index contributed by atoms with van der Waals surface area (Å²) >= 11 is 0. The Morgan fingerprint density at radius 2 is 1.54 bits per heavy atom. The Morgan fingerprint density at radius 1 is 0.786 bits per heavy atom. The molecule has 0 unspecified atom stereocenters. The number of fused-ring (bicyclic) bond motifs is 1. The predicted molar refractivity (Wildman–Crippen MR) is 112 cm³/mol. The van der Waals surface area contributed by atoms with Crippen LogP contribution in [-0.4, -0.2) is 23.8 Å². The summed E-state index contributed by atoms with van der Waals surface area (Å²) < 4.78 is 13.1. The van der Waals surface area contributed by atoms with Gasteiger partial charge < -0.3 is 14.0 Å². The first-order valence-electron chi connectivity index (χ1n) is 9.47. The summed E-state index contributed by atoms with van der Waals surface area (Å²) in [7, 11) is 3.32. The number of methoxy groups -OCH3 is 2. The van der Waals surface area contributed by atoms with Crippen molar-refractivity contribution in [3.8, 4) is 11.5 Å². The molecule has 4 heteroatoms. The van der Waals surface area contributed by atoms with E-state index in [1.807, 2.05) is 18.2 Å². The van der Waals surface area contributed by atoms with Crippen molar-refractivity contribution in [3.05, 3.63) is 89.7 Å². The van der Waals surface area contributed by atoms with Crippen LogP contribution in [0.2, 0.25) is 0 Å². The molecule has 0 saturated carbocycles. The molecule has 3 aromatic carbocycles. The summed E-state index contributed by atoms with van der Waals surface area (Å²) in [6.45, 7) is 0.896. The maximum Gasteiger partial charge on any atom is 0.161 e. The third-order valence-electron chi connectivity index (χ3n) is 5.01. The first-order chi connectivity index (χ1) is 13.8. The molecule has 142 valence electrons. The van der Waals surface area contributed by atoms with Gasteiger partial charge in [-0.05, 0) is 41.8 Å². The first-order valence-corrected chi connectivity index (χ1v) is 9.47. The molecule has 0 atom stereocenters. The zero-order valence-electron chi connectivity index (χ0n) is 16.3. The van der Waals surface area contributed by atoms with Crippen molar-refractivity contribution < 1.29 is 9.47 Å². The van der Waals surface area contributed by atoms with Crippen molar-refractivity contribution >= 4 is 11.0 Å². The van der Waals surface area contributed by atoms with E-state index in [1.54, 1.807) is 14.2 Å². The summed E-state index contributed by atoms with van der Waals surface area (Å²) in [6, 6.07) is 25.0. The van der Waals surface area contributed by atoms with Gasteiger partial charge in [-0.3, -0.25) is 0 Å². The molecule has 0 N–H and O–H groups in total. The fraction of sp³-hybridized carbons (Fsp3) is 0.208. The molecule has 4 rings (SSSR count). The fourth-order valence-corrected chi connectivity index (χ4v) is 3.57. The molecule has 0 saturated heterocycles. The quantitative estimate of drug-likeness (QED) is 0.464. The molecular weight excluding hydrogens is 348 g/mol. The standard InChI is InChI=1S/C24H24N2O2/c1-27-22-13-12-19(16-23(22)28-2)17-24-25-20-10-6-7-11-21(20)26(24)15-14-18-8-4-3-5-9-18/h3-13,16H,14-15,17H2,1-2H3. The summed E-state index contributed by atoms with van der Waals surface area (Å²) in [6.07, 6.45) is 1.71. The van der Waals surface area contributed by atoms with E-state index in [0.717, 1.165) is 47.8 Å². The number of imidazole rings is 1. The topological polar surface area (TPSA) is 36.3 Å². The monoisotopic (exact) mass is 372 g/mol. The highest BCUT2D eigenvalue weighted by Crippen LogP contribution is 2.29. The van der Waals surface area contributed by atoms with Crippen LogP contribution in [0.4, 0.5) is 0 Å². The van der Waals surface area contributed by atoms with E-state index in [1.165, 1.54) is 11.1 Å². The zero-order chi connectivity index (χ0) is 19.3. The molecule has 0 amide bonds. The third-order valence-corrected chi connectivity index (χ3v) is 5.01. The highest BCUT2D eigenvalue weighted by atomic mass is 16.5. The third kappa shape index (κ3) is 3.72. The Hall–Kier alpha value is -3.27. The lowest BCUT2D eigenvalue weighted by Crippen LogP contribution is -2.07. The minimum atomic E-state index is 0.740. The molecule has 1 heterocycles. The van der Waals surface area contributed by atoms with E-state index in [2.05, 4.69) is 59.2 Å². The number of nitrogens with zero attached hydrogens (tertiary/aromatic N) is 2. The van der Waals surface area contributed by atoms with Gasteiger partial charge in [0.25, 0.3) is 0 Å². The van der Waals surface area contributed by atoms with Gasteiger partial charge in [0, 0.05) is 13.0 Å². The van der Waals surface area contributed by atoms with E-state index < -0.39 is 0 Å². The largest absolute Gasteiger partial charge is 0.493 e. The second-order valence-electron chi connectivity index (χ2n) is 6.77. The van der Waals surface area contributed by atoms with Crippen LogP contribution in [0.5, 0.6) is 11.5 Å². The number of hydrogen-bond acceptors (Lipinski definition) is 3. The van der Waals surface area contributed by atoms with E-state index >= 15 is 0 Å². The average molecular weight is 372 g/mol. The molecule has 0 bridgehead atoms. The Bertz CT molecular complexity index is 1070. The second-order valence-corrected chi connectivity index (χ2v) is 6.77. The highest BCUT2D eigenvalue weighted by molar-refractivity contribution is 5.76. The Kier molecular flexibility index (Phi) is 5.29. The highest BCUT2D eigenvalue weighted by Gasteiger charge is 2.13. The van der Waals surface area contributed by atoms with Crippen LogP contribution in [0.1, 0.15) is 17.0 Å². The van der Waals surface area contributed by atoms with Crippen LogP contribution in [0, 0.1) is 0 Å². The predicted octanol–water partition coefficient (Wildman–Crippen LogP) is 4.89. The average Bonchev–Trinajstić information content (AvgIpc) is 3.09. The van der Waals surface area contributed by atoms with Gasteiger partial charge in [-0.15, -0.1) is 0 Å². The molecule has 0 aliphatic rings. The molecule has 28 heavy (non-hydrogen) atoms. The number of benzene rings is 3. The molecule has 0 fully saturated rings. The van der Waals surface area contributed by atoms with Gasteiger partial charge in [-0.2, -0.15) is 0 Å². The molecule has 0 radical (unpaired) electrons. The van der Waals surface area contributed by atoms with Crippen LogP contribution < -0.4 is 9.47 Å². The van der Waals surface area contributed by atoms with Crippen molar-refractivity contribution in [1.82, 2.24) is 9.55 Å². The van der Waals surface area contributed by atoms with Gasteiger partial charge in [0.1, 0.15) is 5.82 Å². The molecule has 4 nitrogen and oxygen atoms in total. The maximum absolute atomic E-state index is 5.46.